The molecule has 0 radical (unpaired) electrons. The van der Waals surface area contributed by atoms with E-state index < -0.39 is 0 Å². The average molecular weight is 438 g/mol. The number of nitrogens with one attached hydrogen (secondary N) is 4. The maximum Gasteiger partial charge on any atom is 0.254 e. The molecule has 32 heavy (non-hydrogen) atoms. The molecule has 0 bridgehead atoms. The summed E-state index contributed by atoms with van der Waals surface area (Å²) in [5.41, 5.74) is 1.15. The fourth-order valence-electron chi connectivity index (χ4n) is 4.32. The summed E-state index contributed by atoms with van der Waals surface area (Å²) >= 11 is 0. The standard InChI is InChI=1S/C21H27N9O2/c1-22-18(32)14-9-24-16(28-17(31)13-2-3-13)8-15(14)27-19-25-12-26-20(29-19)30-10-21(11-30)4-6-23-7-5-21/h8-9,12-13,23H,2-7,10-11H2,1H3,(H,22,32)(H2,24,25,26,27,28,29,31). The number of amides is 2. The minimum atomic E-state index is -0.301. The Kier molecular flexibility index (Phi) is 5.33. The maximum absolute atomic E-state index is 12.3. The molecule has 168 valence electrons. The van der Waals surface area contributed by atoms with Gasteiger partial charge in [-0.2, -0.15) is 4.98 Å². The summed E-state index contributed by atoms with van der Waals surface area (Å²) in [5.74, 6) is 1.02. The van der Waals surface area contributed by atoms with Crippen LogP contribution in [0.4, 0.5) is 23.4 Å². The second kappa shape index (κ2) is 8.30. The molecule has 11 nitrogen and oxygen atoms in total. The number of aromatic nitrogens is 4. The Hall–Kier alpha value is -3.34. The molecule has 11 heteroatoms. The summed E-state index contributed by atoms with van der Waals surface area (Å²) < 4.78 is 0. The van der Waals surface area contributed by atoms with E-state index in [0.717, 1.165) is 39.0 Å². The van der Waals surface area contributed by atoms with Crippen molar-refractivity contribution < 1.29 is 9.59 Å². The first-order valence-corrected chi connectivity index (χ1v) is 11.0. The number of rotatable bonds is 6. The summed E-state index contributed by atoms with van der Waals surface area (Å²) in [7, 11) is 1.55. The Bertz CT molecular complexity index is 1030. The smallest absolute Gasteiger partial charge is 0.254 e. The molecule has 0 unspecified atom stereocenters. The highest BCUT2D eigenvalue weighted by molar-refractivity contribution is 6.01. The molecule has 3 fully saturated rings. The zero-order chi connectivity index (χ0) is 22.1. The SMILES string of the molecule is CNC(=O)c1cnc(NC(=O)C2CC2)cc1Nc1ncnc(N2CC3(CCNCC3)C2)n1. The summed E-state index contributed by atoms with van der Waals surface area (Å²) in [6.07, 6.45) is 7.03. The molecule has 2 saturated heterocycles. The molecule has 1 spiro atoms. The molecule has 2 aliphatic heterocycles. The van der Waals surface area contributed by atoms with Gasteiger partial charge >= 0.3 is 0 Å². The predicted octanol–water partition coefficient (Wildman–Crippen LogP) is 0.908. The Morgan fingerprint density at radius 1 is 1.16 bits per heavy atom. The molecule has 5 rings (SSSR count). The van der Waals surface area contributed by atoms with Crippen LogP contribution in [0, 0.1) is 11.3 Å². The van der Waals surface area contributed by atoms with Gasteiger partial charge in [-0.05, 0) is 38.8 Å². The number of hydrogen-bond acceptors (Lipinski definition) is 9. The lowest BCUT2D eigenvalue weighted by atomic mass is 9.72. The molecule has 4 N–H and O–H groups in total. The molecule has 1 aliphatic carbocycles. The summed E-state index contributed by atoms with van der Waals surface area (Å²) in [4.78, 5) is 43.9. The highest BCUT2D eigenvalue weighted by atomic mass is 16.2. The fraction of sp³-hybridized carbons (Fsp3) is 0.524. The Morgan fingerprint density at radius 3 is 2.66 bits per heavy atom. The number of carbonyl (C=O) groups is 2. The third-order valence-electron chi connectivity index (χ3n) is 6.38. The third-order valence-corrected chi connectivity index (χ3v) is 6.38. The van der Waals surface area contributed by atoms with Crippen LogP contribution < -0.4 is 26.2 Å². The van der Waals surface area contributed by atoms with Gasteiger partial charge in [0.15, 0.2) is 0 Å². The van der Waals surface area contributed by atoms with E-state index in [4.69, 9.17) is 0 Å². The second-order valence-corrected chi connectivity index (χ2v) is 8.80. The quantitative estimate of drug-likeness (QED) is 0.519. The van der Waals surface area contributed by atoms with Crippen LogP contribution in [0.15, 0.2) is 18.6 Å². The van der Waals surface area contributed by atoms with Crippen molar-refractivity contribution in [3.63, 3.8) is 0 Å². The van der Waals surface area contributed by atoms with E-state index in [0.29, 0.717) is 34.4 Å². The molecular formula is C21H27N9O2. The maximum atomic E-state index is 12.3. The zero-order valence-electron chi connectivity index (χ0n) is 18.0. The van der Waals surface area contributed by atoms with E-state index in [-0.39, 0.29) is 17.7 Å². The van der Waals surface area contributed by atoms with Crippen LogP contribution in [0.25, 0.3) is 0 Å². The van der Waals surface area contributed by atoms with Crippen molar-refractivity contribution in [3.05, 3.63) is 24.2 Å². The van der Waals surface area contributed by atoms with Crippen LogP contribution in [-0.4, -0.2) is 65.0 Å². The fourth-order valence-corrected chi connectivity index (χ4v) is 4.32. The molecule has 1 saturated carbocycles. The molecule has 0 atom stereocenters. The molecule has 2 amide bonds. The number of pyridine rings is 1. The number of anilines is 4. The van der Waals surface area contributed by atoms with Gasteiger partial charge in [0.05, 0.1) is 11.3 Å². The summed E-state index contributed by atoms with van der Waals surface area (Å²) in [5, 5.41) is 11.9. The first kappa shape index (κ1) is 20.6. The second-order valence-electron chi connectivity index (χ2n) is 8.80. The normalized spacial score (nSPS) is 19.2. The average Bonchev–Trinajstić information content (AvgIpc) is 3.63. The van der Waals surface area contributed by atoms with E-state index in [1.807, 2.05) is 0 Å². The number of piperidine rings is 1. The van der Waals surface area contributed by atoms with Crippen LogP contribution in [-0.2, 0) is 4.79 Å². The van der Waals surface area contributed by atoms with Crippen LogP contribution in [0.2, 0.25) is 0 Å². The summed E-state index contributed by atoms with van der Waals surface area (Å²) in [6, 6.07) is 1.63. The van der Waals surface area contributed by atoms with Crippen molar-refractivity contribution in [3.8, 4) is 0 Å². The lowest BCUT2D eigenvalue weighted by Crippen LogP contribution is -2.60. The minimum absolute atomic E-state index is 0.0526. The molecule has 3 aliphatic rings. The number of nitrogens with zero attached hydrogens (tertiary/aromatic N) is 5. The first-order valence-electron chi connectivity index (χ1n) is 11.0. The minimum Gasteiger partial charge on any atom is -0.355 e. The predicted molar refractivity (Wildman–Crippen MR) is 119 cm³/mol. The highest BCUT2D eigenvalue weighted by Gasteiger charge is 2.44. The molecule has 2 aromatic heterocycles. The zero-order valence-corrected chi connectivity index (χ0v) is 18.0. The van der Waals surface area contributed by atoms with E-state index in [1.54, 1.807) is 13.1 Å². The van der Waals surface area contributed by atoms with Crippen molar-refractivity contribution in [1.82, 2.24) is 30.6 Å². The van der Waals surface area contributed by atoms with Crippen molar-refractivity contribution in [2.24, 2.45) is 11.3 Å². The Balaban J connectivity index is 1.33. The van der Waals surface area contributed by atoms with Gasteiger partial charge in [0.2, 0.25) is 17.8 Å². The van der Waals surface area contributed by atoms with Gasteiger partial charge in [0.25, 0.3) is 5.91 Å². The van der Waals surface area contributed by atoms with Crippen LogP contribution in [0.3, 0.4) is 0 Å². The molecule has 4 heterocycles. The number of carbonyl (C=O) groups excluding carboxylic acids is 2. The van der Waals surface area contributed by atoms with E-state index in [1.165, 1.54) is 25.4 Å². The van der Waals surface area contributed by atoms with Gasteiger partial charge in [-0.25, -0.2) is 15.0 Å². The van der Waals surface area contributed by atoms with E-state index in [2.05, 4.69) is 46.1 Å². The van der Waals surface area contributed by atoms with E-state index in [9.17, 15) is 9.59 Å². The first-order chi connectivity index (χ1) is 15.5. The lowest BCUT2D eigenvalue weighted by Gasteiger charge is -2.52. The van der Waals surface area contributed by atoms with Crippen LogP contribution in [0.1, 0.15) is 36.0 Å². The number of hydrogen-bond donors (Lipinski definition) is 4. The van der Waals surface area contributed by atoms with Gasteiger partial charge in [-0.1, -0.05) is 0 Å². The van der Waals surface area contributed by atoms with Gasteiger partial charge in [0, 0.05) is 43.7 Å². The van der Waals surface area contributed by atoms with Crippen LogP contribution in [0.5, 0.6) is 0 Å². The van der Waals surface area contributed by atoms with Gasteiger partial charge in [-0.15, -0.1) is 0 Å². The third kappa shape index (κ3) is 4.20. The summed E-state index contributed by atoms with van der Waals surface area (Å²) in [6.45, 7) is 3.99. The van der Waals surface area contributed by atoms with Crippen molar-refractivity contribution in [1.29, 1.82) is 0 Å². The van der Waals surface area contributed by atoms with Crippen LogP contribution >= 0.6 is 0 Å². The Morgan fingerprint density at radius 2 is 1.94 bits per heavy atom. The topological polar surface area (TPSA) is 137 Å². The van der Waals surface area contributed by atoms with Crippen molar-refractivity contribution in [2.45, 2.75) is 25.7 Å². The van der Waals surface area contributed by atoms with Gasteiger partial charge in [-0.3, -0.25) is 9.59 Å². The molecule has 2 aromatic rings. The largest absolute Gasteiger partial charge is 0.355 e. The molecular weight excluding hydrogens is 410 g/mol. The Labute approximate surface area is 185 Å². The van der Waals surface area contributed by atoms with E-state index >= 15 is 0 Å². The van der Waals surface area contributed by atoms with Gasteiger partial charge in [0.1, 0.15) is 12.1 Å². The lowest BCUT2D eigenvalue weighted by molar-refractivity contribution is -0.117. The molecule has 0 aromatic carbocycles. The van der Waals surface area contributed by atoms with Gasteiger partial charge < -0.3 is 26.2 Å². The highest BCUT2D eigenvalue weighted by Crippen LogP contribution is 2.40. The van der Waals surface area contributed by atoms with Crippen molar-refractivity contribution in [2.75, 3.05) is 48.8 Å². The van der Waals surface area contributed by atoms with Crippen molar-refractivity contribution >= 4 is 35.2 Å². The monoisotopic (exact) mass is 437 g/mol.